The number of hydrazone groups is 1. The van der Waals surface area contributed by atoms with E-state index in [1.165, 1.54) is 6.20 Å². The predicted molar refractivity (Wildman–Crippen MR) is 97.7 cm³/mol. The van der Waals surface area contributed by atoms with Crippen molar-refractivity contribution in [1.29, 1.82) is 0 Å². The minimum atomic E-state index is -0.402. The van der Waals surface area contributed by atoms with Crippen LogP contribution in [0.15, 0.2) is 71.5 Å². The maximum absolute atomic E-state index is 6.32. The zero-order chi connectivity index (χ0) is 17.4. The van der Waals surface area contributed by atoms with Crippen molar-refractivity contribution in [2.24, 2.45) is 16.6 Å². The molecule has 6 N–H and O–H groups in total. The fraction of sp³-hybridized carbons (Fsp3) is 0.167. The van der Waals surface area contributed by atoms with Crippen LogP contribution in [0.2, 0.25) is 0 Å². The molecule has 1 unspecified atom stereocenters. The quantitative estimate of drug-likeness (QED) is 0.370. The van der Waals surface area contributed by atoms with Gasteiger partial charge in [0.2, 0.25) is 0 Å². The van der Waals surface area contributed by atoms with Gasteiger partial charge in [0.25, 0.3) is 0 Å². The zero-order valence-electron chi connectivity index (χ0n) is 13.9. The van der Waals surface area contributed by atoms with Crippen LogP contribution in [-0.2, 0) is 0 Å². The molecule has 0 radical (unpaired) electrons. The molecule has 126 valence electrons. The Hall–Kier alpha value is -2.99. The number of nitrogens with one attached hydrogen (secondary N) is 2. The monoisotopic (exact) mass is 325 g/mol. The molecule has 2 aromatic rings. The van der Waals surface area contributed by atoms with Crippen molar-refractivity contribution in [3.63, 3.8) is 0 Å². The Morgan fingerprint density at radius 2 is 1.67 bits per heavy atom. The SMILES string of the molecule is CNN=C(NC)/C(=C\N)C(N)c1ccc(Oc2ccccc2)cc1. The number of ether oxygens (including phenoxy) is 1. The van der Waals surface area contributed by atoms with Crippen LogP contribution < -0.4 is 26.9 Å². The summed E-state index contributed by atoms with van der Waals surface area (Å²) in [6, 6.07) is 16.8. The fourth-order valence-electron chi connectivity index (χ4n) is 2.25. The van der Waals surface area contributed by atoms with Crippen LogP contribution in [0.1, 0.15) is 11.6 Å². The summed E-state index contributed by atoms with van der Waals surface area (Å²) in [4.78, 5) is 0. The first-order valence-corrected chi connectivity index (χ1v) is 7.62. The first-order chi connectivity index (χ1) is 11.7. The molecule has 0 aromatic heterocycles. The van der Waals surface area contributed by atoms with Gasteiger partial charge >= 0.3 is 0 Å². The molecule has 0 saturated carbocycles. The third kappa shape index (κ3) is 4.27. The summed E-state index contributed by atoms with van der Waals surface area (Å²) in [6.45, 7) is 0. The lowest BCUT2D eigenvalue weighted by atomic mass is 9.99. The van der Waals surface area contributed by atoms with Crippen LogP contribution in [0.5, 0.6) is 11.5 Å². The summed E-state index contributed by atoms with van der Waals surface area (Å²) in [5.41, 5.74) is 16.4. The highest BCUT2D eigenvalue weighted by molar-refractivity contribution is 5.99. The Bertz CT molecular complexity index is 695. The summed E-state index contributed by atoms with van der Waals surface area (Å²) in [5.74, 6) is 2.13. The van der Waals surface area contributed by atoms with Gasteiger partial charge in [0, 0.05) is 25.9 Å². The van der Waals surface area contributed by atoms with Crippen LogP contribution in [-0.4, -0.2) is 19.9 Å². The number of likely N-dealkylation sites (N-methyl/N-ethyl adjacent to an activating group) is 1. The smallest absolute Gasteiger partial charge is 0.152 e. The van der Waals surface area contributed by atoms with Crippen molar-refractivity contribution in [3.8, 4) is 11.5 Å². The number of nitrogens with zero attached hydrogens (tertiary/aromatic N) is 1. The number of hydrogen-bond acceptors (Lipinski definition) is 5. The lowest BCUT2D eigenvalue weighted by molar-refractivity contribution is 0.482. The molecule has 0 bridgehead atoms. The maximum Gasteiger partial charge on any atom is 0.152 e. The number of rotatable bonds is 6. The van der Waals surface area contributed by atoms with E-state index in [1.54, 1.807) is 14.1 Å². The minimum absolute atomic E-state index is 0.402. The molecule has 24 heavy (non-hydrogen) atoms. The molecule has 0 aliphatic rings. The van der Waals surface area contributed by atoms with E-state index in [4.69, 9.17) is 16.2 Å². The number of hydrogen-bond donors (Lipinski definition) is 4. The van der Waals surface area contributed by atoms with Crippen LogP contribution in [0.4, 0.5) is 0 Å². The first kappa shape index (κ1) is 17.4. The van der Waals surface area contributed by atoms with Crippen molar-refractivity contribution >= 4 is 5.84 Å². The second-order valence-corrected chi connectivity index (χ2v) is 5.02. The van der Waals surface area contributed by atoms with E-state index < -0.39 is 6.04 Å². The summed E-state index contributed by atoms with van der Waals surface area (Å²) < 4.78 is 5.78. The Balaban J connectivity index is 2.15. The molecule has 0 aliphatic heterocycles. The predicted octanol–water partition coefficient (Wildman–Crippen LogP) is 2.07. The molecule has 0 fully saturated rings. The highest BCUT2D eigenvalue weighted by atomic mass is 16.5. The molecule has 0 amide bonds. The van der Waals surface area contributed by atoms with E-state index in [9.17, 15) is 0 Å². The van der Waals surface area contributed by atoms with Gasteiger partial charge in [-0.15, -0.1) is 0 Å². The highest BCUT2D eigenvalue weighted by Crippen LogP contribution is 2.25. The van der Waals surface area contributed by atoms with Crippen molar-refractivity contribution in [2.75, 3.05) is 14.1 Å². The van der Waals surface area contributed by atoms with E-state index in [1.807, 2.05) is 54.6 Å². The molecule has 0 aliphatic carbocycles. The average molecular weight is 325 g/mol. The summed E-state index contributed by atoms with van der Waals surface area (Å²) in [7, 11) is 3.48. The molecule has 6 nitrogen and oxygen atoms in total. The van der Waals surface area contributed by atoms with Gasteiger partial charge in [-0.05, 0) is 29.8 Å². The van der Waals surface area contributed by atoms with Crippen LogP contribution in [0, 0.1) is 0 Å². The topological polar surface area (TPSA) is 97.7 Å². The Morgan fingerprint density at radius 3 is 2.21 bits per heavy atom. The summed E-state index contributed by atoms with van der Waals surface area (Å²) in [5, 5.41) is 7.12. The molecule has 0 saturated heterocycles. The standard InChI is InChI=1S/C18H23N5O/c1-21-18(23-22-2)16(12-19)17(20)13-8-10-15(11-9-13)24-14-6-4-3-5-7-14/h3-12,17,22H,19-20H2,1-2H3,(H,21,23)/b16-12-. The van der Waals surface area contributed by atoms with Gasteiger partial charge in [-0.25, -0.2) is 0 Å². The lowest BCUT2D eigenvalue weighted by Crippen LogP contribution is -2.30. The summed E-state index contributed by atoms with van der Waals surface area (Å²) in [6.07, 6.45) is 1.46. The Kier molecular flexibility index (Phi) is 6.22. The maximum atomic E-state index is 6.32. The van der Waals surface area contributed by atoms with Gasteiger partial charge < -0.3 is 26.9 Å². The Morgan fingerprint density at radius 1 is 1.04 bits per heavy atom. The number of nitrogens with two attached hydrogens (primary N) is 2. The van der Waals surface area contributed by atoms with Gasteiger partial charge in [0.15, 0.2) is 5.84 Å². The molecule has 0 spiro atoms. The number of benzene rings is 2. The van der Waals surface area contributed by atoms with Crippen LogP contribution >= 0.6 is 0 Å². The Labute approximate surface area is 142 Å². The third-order valence-corrected chi connectivity index (χ3v) is 3.47. The molecular weight excluding hydrogens is 302 g/mol. The minimum Gasteiger partial charge on any atom is -0.457 e. The normalized spacial score (nSPS) is 13.3. The van der Waals surface area contributed by atoms with Crippen molar-refractivity contribution in [1.82, 2.24) is 10.7 Å². The van der Waals surface area contributed by atoms with Crippen molar-refractivity contribution in [3.05, 3.63) is 71.9 Å². The van der Waals surface area contributed by atoms with Crippen molar-refractivity contribution < 1.29 is 4.74 Å². The highest BCUT2D eigenvalue weighted by Gasteiger charge is 2.16. The lowest BCUT2D eigenvalue weighted by Gasteiger charge is -2.18. The second kappa shape index (κ2) is 8.59. The van der Waals surface area contributed by atoms with Crippen LogP contribution in [0.25, 0.3) is 0 Å². The zero-order valence-corrected chi connectivity index (χ0v) is 13.9. The van der Waals surface area contributed by atoms with Crippen LogP contribution in [0.3, 0.4) is 0 Å². The molecule has 2 rings (SSSR count). The van der Waals surface area contributed by atoms with Gasteiger partial charge in [-0.3, -0.25) is 0 Å². The fourth-order valence-corrected chi connectivity index (χ4v) is 2.25. The van der Waals surface area contributed by atoms with E-state index in [-0.39, 0.29) is 0 Å². The third-order valence-electron chi connectivity index (χ3n) is 3.47. The second-order valence-electron chi connectivity index (χ2n) is 5.02. The molecule has 6 heteroatoms. The molecule has 1 atom stereocenters. The summed E-state index contributed by atoms with van der Waals surface area (Å²) >= 11 is 0. The largest absolute Gasteiger partial charge is 0.457 e. The van der Waals surface area contributed by atoms with Gasteiger partial charge in [0.1, 0.15) is 11.5 Å². The molecule has 2 aromatic carbocycles. The molecular formula is C18H23N5O. The van der Waals surface area contributed by atoms with Gasteiger partial charge in [-0.1, -0.05) is 30.3 Å². The average Bonchev–Trinajstić information content (AvgIpc) is 2.63. The number of para-hydroxylation sites is 1. The van der Waals surface area contributed by atoms with E-state index in [0.717, 1.165) is 17.1 Å². The van der Waals surface area contributed by atoms with Gasteiger partial charge in [0.05, 0.1) is 6.04 Å². The van der Waals surface area contributed by atoms with Gasteiger partial charge in [-0.2, -0.15) is 5.10 Å². The van der Waals surface area contributed by atoms with E-state index in [2.05, 4.69) is 15.8 Å². The molecule has 0 heterocycles. The van der Waals surface area contributed by atoms with Crippen molar-refractivity contribution in [2.45, 2.75) is 6.04 Å². The number of amidine groups is 1. The van der Waals surface area contributed by atoms with E-state index >= 15 is 0 Å². The first-order valence-electron chi connectivity index (χ1n) is 7.62. The van der Waals surface area contributed by atoms with E-state index in [0.29, 0.717) is 11.4 Å².